The molecule has 2 aromatic rings. The Kier molecular flexibility index (Phi) is 4.82. The number of nitrogens with zero attached hydrogens (tertiary/aromatic N) is 2. The molecule has 128 valence electrons. The minimum absolute atomic E-state index is 0.0883. The molecule has 0 saturated heterocycles. The lowest BCUT2D eigenvalue weighted by Crippen LogP contribution is -2.25. The van der Waals surface area contributed by atoms with Gasteiger partial charge in [0.25, 0.3) is 5.56 Å². The molecule has 1 fully saturated rings. The quantitative estimate of drug-likeness (QED) is 0.915. The Labute approximate surface area is 142 Å². The molecule has 0 amide bonds. The predicted molar refractivity (Wildman–Crippen MR) is 86.8 cm³/mol. The highest BCUT2D eigenvalue weighted by molar-refractivity contribution is 6.32. The third kappa shape index (κ3) is 3.27. The largest absolute Gasteiger partial charge is 0.381 e. The second kappa shape index (κ2) is 6.86. The second-order valence-electron chi connectivity index (χ2n) is 5.70. The van der Waals surface area contributed by atoms with Crippen LogP contribution in [0.3, 0.4) is 0 Å². The van der Waals surface area contributed by atoms with Crippen molar-refractivity contribution in [1.82, 2.24) is 9.78 Å². The minimum Gasteiger partial charge on any atom is -0.381 e. The van der Waals surface area contributed by atoms with Crippen LogP contribution in [0.2, 0.25) is 5.02 Å². The first kappa shape index (κ1) is 16.9. The molecule has 1 saturated carbocycles. The van der Waals surface area contributed by atoms with Crippen LogP contribution in [0.25, 0.3) is 5.69 Å². The standard InChI is InChI=1S/C16H16ClF2N3O2/c1-24-11-4-3-10(7-11)21-13-8-20-22(16(23)15(13)17)14-5-2-9(18)6-12(14)19/h2,5-6,8,10-11,21H,3-4,7H2,1H3. The van der Waals surface area contributed by atoms with Crippen LogP contribution in [0.15, 0.2) is 29.2 Å². The van der Waals surface area contributed by atoms with Crippen LogP contribution in [0, 0.1) is 11.6 Å². The van der Waals surface area contributed by atoms with E-state index in [2.05, 4.69) is 10.4 Å². The Hall–Kier alpha value is -1.99. The molecule has 0 spiro atoms. The van der Waals surface area contributed by atoms with Gasteiger partial charge < -0.3 is 10.1 Å². The normalized spacial score (nSPS) is 20.3. The van der Waals surface area contributed by atoms with Gasteiger partial charge in [0.1, 0.15) is 16.5 Å². The second-order valence-corrected chi connectivity index (χ2v) is 6.07. The number of benzene rings is 1. The van der Waals surface area contributed by atoms with Gasteiger partial charge in [-0.25, -0.2) is 8.78 Å². The average molecular weight is 356 g/mol. The molecular weight excluding hydrogens is 340 g/mol. The zero-order valence-electron chi connectivity index (χ0n) is 12.9. The van der Waals surface area contributed by atoms with Gasteiger partial charge in [-0.1, -0.05) is 11.6 Å². The molecule has 0 aliphatic heterocycles. The van der Waals surface area contributed by atoms with Crippen LogP contribution in [0.4, 0.5) is 14.5 Å². The number of hydrogen-bond donors (Lipinski definition) is 1. The molecule has 1 aromatic carbocycles. The molecule has 0 radical (unpaired) electrons. The van der Waals surface area contributed by atoms with Gasteiger partial charge in [0.2, 0.25) is 0 Å². The van der Waals surface area contributed by atoms with E-state index in [0.29, 0.717) is 11.8 Å². The van der Waals surface area contributed by atoms with Crippen molar-refractivity contribution < 1.29 is 13.5 Å². The van der Waals surface area contributed by atoms with Crippen LogP contribution in [-0.4, -0.2) is 29.0 Å². The summed E-state index contributed by atoms with van der Waals surface area (Å²) in [4.78, 5) is 12.4. The first-order valence-electron chi connectivity index (χ1n) is 7.52. The van der Waals surface area contributed by atoms with E-state index in [-0.39, 0.29) is 22.9 Å². The topological polar surface area (TPSA) is 56.1 Å². The van der Waals surface area contributed by atoms with E-state index in [0.717, 1.165) is 36.1 Å². The Morgan fingerprint density at radius 2 is 2.17 bits per heavy atom. The zero-order chi connectivity index (χ0) is 17.3. The highest BCUT2D eigenvalue weighted by atomic mass is 35.5. The third-order valence-electron chi connectivity index (χ3n) is 4.13. The van der Waals surface area contributed by atoms with Crippen molar-refractivity contribution in [2.45, 2.75) is 31.4 Å². The highest BCUT2D eigenvalue weighted by Crippen LogP contribution is 2.27. The lowest BCUT2D eigenvalue weighted by molar-refractivity contribution is 0.108. The third-order valence-corrected chi connectivity index (χ3v) is 4.50. The van der Waals surface area contributed by atoms with Crippen LogP contribution >= 0.6 is 11.6 Å². The Balaban J connectivity index is 1.88. The maximum atomic E-state index is 13.8. The molecule has 1 N–H and O–H groups in total. The molecule has 24 heavy (non-hydrogen) atoms. The lowest BCUT2D eigenvalue weighted by Gasteiger charge is -2.16. The van der Waals surface area contributed by atoms with Crippen LogP contribution in [0.1, 0.15) is 19.3 Å². The lowest BCUT2D eigenvalue weighted by atomic mass is 10.2. The maximum Gasteiger partial charge on any atom is 0.292 e. The van der Waals surface area contributed by atoms with E-state index in [1.807, 2.05) is 0 Å². The predicted octanol–water partition coefficient (Wildman–Crippen LogP) is 3.14. The number of ether oxygens (including phenoxy) is 1. The number of rotatable bonds is 4. The summed E-state index contributed by atoms with van der Waals surface area (Å²) in [5.41, 5.74) is -0.439. The molecule has 1 aliphatic carbocycles. The van der Waals surface area contributed by atoms with Gasteiger partial charge >= 0.3 is 0 Å². The van der Waals surface area contributed by atoms with Gasteiger partial charge in [0.05, 0.1) is 18.0 Å². The summed E-state index contributed by atoms with van der Waals surface area (Å²) in [7, 11) is 1.67. The zero-order valence-corrected chi connectivity index (χ0v) is 13.7. The van der Waals surface area contributed by atoms with Crippen LogP contribution < -0.4 is 10.9 Å². The van der Waals surface area contributed by atoms with Gasteiger partial charge in [0, 0.05) is 19.2 Å². The van der Waals surface area contributed by atoms with E-state index < -0.39 is 17.2 Å². The first-order chi connectivity index (χ1) is 11.5. The van der Waals surface area contributed by atoms with E-state index >= 15 is 0 Å². The van der Waals surface area contributed by atoms with Gasteiger partial charge in [0.15, 0.2) is 5.82 Å². The smallest absolute Gasteiger partial charge is 0.292 e. The maximum absolute atomic E-state index is 13.8. The van der Waals surface area contributed by atoms with E-state index in [4.69, 9.17) is 16.3 Å². The molecule has 1 aliphatic rings. The van der Waals surface area contributed by atoms with Crippen molar-refractivity contribution in [2.24, 2.45) is 0 Å². The summed E-state index contributed by atoms with van der Waals surface area (Å²) in [5.74, 6) is -1.62. The molecular formula is C16H16ClF2N3O2. The van der Waals surface area contributed by atoms with Crippen molar-refractivity contribution in [3.05, 3.63) is 51.4 Å². The summed E-state index contributed by atoms with van der Waals surface area (Å²) in [5, 5.41) is 7.03. The monoisotopic (exact) mass is 355 g/mol. The fourth-order valence-corrected chi connectivity index (χ4v) is 3.05. The summed E-state index contributed by atoms with van der Waals surface area (Å²) in [6.07, 6.45) is 4.18. The summed E-state index contributed by atoms with van der Waals surface area (Å²) in [6.45, 7) is 0. The fourth-order valence-electron chi connectivity index (χ4n) is 2.86. The number of halogens is 3. The van der Waals surface area contributed by atoms with Gasteiger partial charge in [-0.3, -0.25) is 4.79 Å². The fraction of sp³-hybridized carbons (Fsp3) is 0.375. The van der Waals surface area contributed by atoms with Crippen molar-refractivity contribution >= 4 is 17.3 Å². The molecule has 8 heteroatoms. The van der Waals surface area contributed by atoms with Crippen molar-refractivity contribution in [3.8, 4) is 5.69 Å². The van der Waals surface area contributed by atoms with E-state index in [1.165, 1.54) is 6.20 Å². The average Bonchev–Trinajstić information content (AvgIpc) is 3.01. The first-order valence-corrected chi connectivity index (χ1v) is 7.90. The van der Waals surface area contributed by atoms with E-state index in [1.54, 1.807) is 7.11 Å². The summed E-state index contributed by atoms with van der Waals surface area (Å²) >= 11 is 6.12. The van der Waals surface area contributed by atoms with Gasteiger partial charge in [-0.05, 0) is 31.4 Å². The van der Waals surface area contributed by atoms with Crippen LogP contribution in [0.5, 0.6) is 0 Å². The Morgan fingerprint density at radius 1 is 1.38 bits per heavy atom. The molecule has 1 heterocycles. The number of aromatic nitrogens is 2. The van der Waals surface area contributed by atoms with Crippen molar-refractivity contribution in [2.75, 3.05) is 12.4 Å². The van der Waals surface area contributed by atoms with Crippen LogP contribution in [-0.2, 0) is 4.74 Å². The molecule has 1 aromatic heterocycles. The molecule has 0 bridgehead atoms. The number of anilines is 1. The Morgan fingerprint density at radius 3 is 2.83 bits per heavy atom. The number of nitrogens with one attached hydrogen (secondary N) is 1. The number of methoxy groups -OCH3 is 1. The molecule has 5 nitrogen and oxygen atoms in total. The minimum atomic E-state index is -0.889. The van der Waals surface area contributed by atoms with Crippen molar-refractivity contribution in [1.29, 1.82) is 0 Å². The highest BCUT2D eigenvalue weighted by Gasteiger charge is 2.25. The van der Waals surface area contributed by atoms with E-state index in [9.17, 15) is 13.6 Å². The van der Waals surface area contributed by atoms with Crippen molar-refractivity contribution in [3.63, 3.8) is 0 Å². The van der Waals surface area contributed by atoms with Gasteiger partial charge in [-0.2, -0.15) is 9.78 Å². The summed E-state index contributed by atoms with van der Waals surface area (Å²) < 4.78 is 33.0. The number of hydrogen-bond acceptors (Lipinski definition) is 4. The Bertz CT molecular complexity index is 812. The van der Waals surface area contributed by atoms with Gasteiger partial charge in [-0.15, -0.1) is 0 Å². The summed E-state index contributed by atoms with van der Waals surface area (Å²) in [6, 6.07) is 3.01. The molecule has 2 atom stereocenters. The SMILES string of the molecule is COC1CCC(Nc2cnn(-c3ccc(F)cc3F)c(=O)c2Cl)C1. The molecule has 2 unspecified atom stereocenters. The molecule has 3 rings (SSSR count).